The van der Waals surface area contributed by atoms with Gasteiger partial charge in [-0.05, 0) is 87.9 Å². The maximum atomic E-state index is 2.42. The van der Waals surface area contributed by atoms with Crippen molar-refractivity contribution in [1.82, 2.24) is 0 Å². The van der Waals surface area contributed by atoms with E-state index in [-0.39, 0.29) is 0 Å². The monoisotopic (exact) mass is 428 g/mol. The van der Waals surface area contributed by atoms with Crippen molar-refractivity contribution in [3.8, 4) is 11.1 Å². The van der Waals surface area contributed by atoms with Gasteiger partial charge in [0.15, 0.2) is 0 Å². The fraction of sp³-hybridized carbons (Fsp3) is 0. The van der Waals surface area contributed by atoms with Gasteiger partial charge in [0.25, 0.3) is 0 Å². The van der Waals surface area contributed by atoms with Crippen LogP contribution in [-0.2, 0) is 0 Å². The molecule has 0 atom stereocenters. The van der Waals surface area contributed by atoms with Crippen LogP contribution in [0.3, 0.4) is 0 Å². The molecular formula is C34H20. The van der Waals surface area contributed by atoms with Gasteiger partial charge >= 0.3 is 0 Å². The summed E-state index contributed by atoms with van der Waals surface area (Å²) in [6.07, 6.45) is 0. The number of hydrogen-bond donors (Lipinski definition) is 0. The summed E-state index contributed by atoms with van der Waals surface area (Å²) in [4.78, 5) is 0. The van der Waals surface area contributed by atoms with Crippen molar-refractivity contribution in [2.75, 3.05) is 0 Å². The van der Waals surface area contributed by atoms with Gasteiger partial charge in [-0.15, -0.1) is 0 Å². The number of hydrogen-bond acceptors (Lipinski definition) is 0. The molecule has 8 aromatic carbocycles. The molecule has 0 spiro atoms. The molecule has 0 heterocycles. The van der Waals surface area contributed by atoms with Crippen LogP contribution in [0.15, 0.2) is 121 Å². The quantitative estimate of drug-likeness (QED) is 0.180. The zero-order chi connectivity index (χ0) is 22.2. The highest BCUT2D eigenvalue weighted by atomic mass is 14.2. The lowest BCUT2D eigenvalue weighted by molar-refractivity contribution is 1.66. The van der Waals surface area contributed by atoms with Gasteiger partial charge in [-0.2, -0.15) is 0 Å². The molecule has 0 unspecified atom stereocenters. The second-order valence-corrected chi connectivity index (χ2v) is 9.30. The number of rotatable bonds is 1. The molecule has 0 saturated heterocycles. The summed E-state index contributed by atoms with van der Waals surface area (Å²) < 4.78 is 0. The third-order valence-corrected chi connectivity index (χ3v) is 7.55. The summed E-state index contributed by atoms with van der Waals surface area (Å²) in [6, 6.07) is 44.7. The fourth-order valence-corrected chi connectivity index (χ4v) is 6.16. The molecule has 8 rings (SSSR count). The lowest BCUT2D eigenvalue weighted by atomic mass is 9.85. The summed E-state index contributed by atoms with van der Waals surface area (Å²) in [5.74, 6) is 0. The van der Waals surface area contributed by atoms with E-state index >= 15 is 0 Å². The van der Waals surface area contributed by atoms with E-state index in [1.165, 1.54) is 75.8 Å². The highest BCUT2D eigenvalue weighted by Gasteiger charge is 2.17. The van der Waals surface area contributed by atoms with E-state index < -0.39 is 0 Å². The Labute approximate surface area is 197 Å². The topological polar surface area (TPSA) is 0 Å². The van der Waals surface area contributed by atoms with E-state index in [1.54, 1.807) is 0 Å². The maximum Gasteiger partial charge on any atom is -0.00197 e. The molecule has 0 aliphatic carbocycles. The Morgan fingerprint density at radius 3 is 1.62 bits per heavy atom. The number of benzene rings is 8. The van der Waals surface area contributed by atoms with Crippen LogP contribution in [0.2, 0.25) is 0 Å². The van der Waals surface area contributed by atoms with Gasteiger partial charge < -0.3 is 0 Å². The predicted octanol–water partition coefficient (Wildman–Crippen LogP) is 9.71. The largest absolute Gasteiger partial charge is 0.0622 e. The molecule has 0 saturated carbocycles. The number of fused-ring (bicyclic) bond motifs is 6. The third kappa shape index (κ3) is 2.27. The van der Waals surface area contributed by atoms with Crippen molar-refractivity contribution in [3.05, 3.63) is 121 Å². The van der Waals surface area contributed by atoms with Gasteiger partial charge in [-0.25, -0.2) is 0 Å². The molecule has 0 aliphatic rings. The van der Waals surface area contributed by atoms with Crippen LogP contribution in [0, 0.1) is 0 Å². The van der Waals surface area contributed by atoms with Crippen LogP contribution in [0.4, 0.5) is 0 Å². The van der Waals surface area contributed by atoms with E-state index in [9.17, 15) is 0 Å². The van der Waals surface area contributed by atoms with Gasteiger partial charge in [0.1, 0.15) is 0 Å². The van der Waals surface area contributed by atoms with Crippen LogP contribution < -0.4 is 0 Å². The second kappa shape index (κ2) is 6.56. The molecule has 0 nitrogen and oxygen atoms in total. The minimum Gasteiger partial charge on any atom is -0.0622 e. The van der Waals surface area contributed by atoms with E-state index in [2.05, 4.69) is 121 Å². The van der Waals surface area contributed by atoms with E-state index in [4.69, 9.17) is 0 Å². The van der Waals surface area contributed by atoms with Crippen molar-refractivity contribution in [2.45, 2.75) is 0 Å². The molecule has 0 aromatic heterocycles. The van der Waals surface area contributed by atoms with Gasteiger partial charge in [0.2, 0.25) is 0 Å². The molecule has 0 amide bonds. The summed E-state index contributed by atoms with van der Waals surface area (Å²) >= 11 is 0. The Bertz CT molecular complexity index is 2050. The zero-order valence-corrected chi connectivity index (χ0v) is 18.5. The van der Waals surface area contributed by atoms with Crippen LogP contribution >= 0.6 is 0 Å². The highest BCUT2D eigenvalue weighted by molar-refractivity contribution is 6.39. The molecule has 0 fully saturated rings. The molecule has 156 valence electrons. The molecule has 0 bridgehead atoms. The van der Waals surface area contributed by atoms with Crippen LogP contribution in [-0.4, -0.2) is 0 Å². The van der Waals surface area contributed by atoms with Crippen LogP contribution in [0.1, 0.15) is 0 Å². The molecule has 0 heteroatoms. The van der Waals surface area contributed by atoms with Crippen molar-refractivity contribution < 1.29 is 0 Å². The van der Waals surface area contributed by atoms with Crippen LogP contribution in [0.5, 0.6) is 0 Å². The molecular weight excluding hydrogens is 408 g/mol. The summed E-state index contributed by atoms with van der Waals surface area (Å²) in [7, 11) is 0. The van der Waals surface area contributed by atoms with Crippen molar-refractivity contribution in [1.29, 1.82) is 0 Å². The molecule has 0 N–H and O–H groups in total. The smallest absolute Gasteiger partial charge is 0.00197 e. The first-order valence-corrected chi connectivity index (χ1v) is 11.9. The van der Waals surface area contributed by atoms with Gasteiger partial charge in [-0.3, -0.25) is 0 Å². The van der Waals surface area contributed by atoms with Crippen molar-refractivity contribution >= 4 is 64.6 Å². The lowest BCUT2D eigenvalue weighted by Gasteiger charge is -2.18. The standard InChI is InChI=1S/C34H20/c1-2-9-21(10-3-1)25-14-6-12-23-20-31-30-19-22-11-4-5-13-24(22)26-15-7-16-27(33(26)30)28-17-8-18-29(32(23)25)34(28)31/h1-20H. The molecule has 8 aromatic rings. The summed E-state index contributed by atoms with van der Waals surface area (Å²) in [5.41, 5.74) is 2.56. The average molecular weight is 429 g/mol. The van der Waals surface area contributed by atoms with E-state index in [0.29, 0.717) is 0 Å². The Morgan fingerprint density at radius 2 is 0.824 bits per heavy atom. The second-order valence-electron chi connectivity index (χ2n) is 9.30. The zero-order valence-electron chi connectivity index (χ0n) is 18.5. The third-order valence-electron chi connectivity index (χ3n) is 7.55. The van der Waals surface area contributed by atoms with E-state index in [1.807, 2.05) is 0 Å². The SMILES string of the molecule is c1ccc(-c2cccc3cc4c5cc6ccccc6c6cccc(c7cccc(c23)c74)c65)cc1. The first-order valence-electron chi connectivity index (χ1n) is 11.9. The Kier molecular flexibility index (Phi) is 3.48. The summed E-state index contributed by atoms with van der Waals surface area (Å²) in [5, 5.41) is 16.0. The van der Waals surface area contributed by atoms with Crippen molar-refractivity contribution in [3.63, 3.8) is 0 Å². The van der Waals surface area contributed by atoms with Gasteiger partial charge in [-0.1, -0.05) is 109 Å². The molecule has 0 aliphatic heterocycles. The minimum atomic E-state index is 1.26. The molecule has 0 radical (unpaired) electrons. The highest BCUT2D eigenvalue weighted by Crippen LogP contribution is 2.46. The first-order chi connectivity index (χ1) is 16.9. The Balaban J connectivity index is 1.68. The van der Waals surface area contributed by atoms with Gasteiger partial charge in [0.05, 0.1) is 0 Å². The lowest BCUT2D eigenvalue weighted by Crippen LogP contribution is -1.90. The normalized spacial score (nSPS) is 12.1. The maximum absolute atomic E-state index is 2.42. The average Bonchev–Trinajstić information content (AvgIpc) is 2.91. The van der Waals surface area contributed by atoms with E-state index in [0.717, 1.165) is 0 Å². The summed E-state index contributed by atoms with van der Waals surface area (Å²) in [6.45, 7) is 0. The Hall–Kier alpha value is -4.42. The Morgan fingerprint density at radius 1 is 0.294 bits per heavy atom. The molecule has 34 heavy (non-hydrogen) atoms. The minimum absolute atomic E-state index is 1.26. The fourth-order valence-electron chi connectivity index (χ4n) is 6.16. The predicted molar refractivity (Wildman–Crippen MR) is 148 cm³/mol. The first kappa shape index (κ1) is 18.1. The van der Waals surface area contributed by atoms with Crippen LogP contribution in [0.25, 0.3) is 75.8 Å². The van der Waals surface area contributed by atoms with Crippen molar-refractivity contribution in [2.24, 2.45) is 0 Å². The van der Waals surface area contributed by atoms with Gasteiger partial charge in [0, 0.05) is 0 Å².